The van der Waals surface area contributed by atoms with Crippen LogP contribution in [0.4, 0.5) is 8.78 Å². The van der Waals surface area contributed by atoms with Gasteiger partial charge in [-0.25, -0.2) is 13.6 Å². The average molecular weight is 253 g/mol. The molecule has 1 heterocycles. The first kappa shape index (κ1) is 12.2. The molecule has 0 aliphatic rings. The van der Waals surface area contributed by atoms with Gasteiger partial charge in [-0.1, -0.05) is 29.4 Å². The lowest BCUT2D eigenvalue weighted by atomic mass is 10.0. The van der Waals surface area contributed by atoms with E-state index in [2.05, 4.69) is 9.68 Å². The normalized spacial score (nSPS) is 10.8. The highest BCUT2D eigenvalue weighted by atomic mass is 19.3. The molecule has 18 heavy (non-hydrogen) atoms. The van der Waals surface area contributed by atoms with E-state index in [9.17, 15) is 13.6 Å². The lowest BCUT2D eigenvalue weighted by Gasteiger charge is -2.05. The second-order valence-electron chi connectivity index (χ2n) is 3.63. The van der Waals surface area contributed by atoms with Crippen molar-refractivity contribution < 1.29 is 23.2 Å². The van der Waals surface area contributed by atoms with Crippen LogP contribution in [0.5, 0.6) is 0 Å². The van der Waals surface area contributed by atoms with E-state index in [-0.39, 0.29) is 11.5 Å². The lowest BCUT2D eigenvalue weighted by molar-refractivity contribution is 0.0652. The summed E-state index contributed by atoms with van der Waals surface area (Å²) in [5.74, 6) is -1.57. The molecule has 94 valence electrons. The lowest BCUT2D eigenvalue weighted by Crippen LogP contribution is -1.99. The molecule has 1 N–H and O–H groups in total. The van der Waals surface area contributed by atoms with E-state index >= 15 is 0 Å². The van der Waals surface area contributed by atoms with Crippen LogP contribution in [-0.2, 0) is 6.42 Å². The topological polar surface area (TPSA) is 63.3 Å². The Kier molecular flexibility index (Phi) is 3.36. The summed E-state index contributed by atoms with van der Waals surface area (Å²) >= 11 is 0. The Morgan fingerprint density at radius 1 is 1.39 bits per heavy atom. The molecule has 2 aromatic rings. The van der Waals surface area contributed by atoms with Crippen LogP contribution in [0.2, 0.25) is 0 Å². The largest absolute Gasteiger partial charge is 0.475 e. The monoisotopic (exact) mass is 253 g/mol. The molecule has 0 aliphatic heterocycles. The fourth-order valence-corrected chi connectivity index (χ4v) is 1.62. The number of benzene rings is 1. The standard InChI is InChI=1S/C12H9F2NO3/c13-11(14)5-7-3-1-2-4-8(7)9-6-10(12(16)17)18-15-9/h1-4,6,11H,5H2,(H,16,17). The van der Waals surface area contributed by atoms with Crippen molar-refractivity contribution in [2.45, 2.75) is 12.8 Å². The van der Waals surface area contributed by atoms with Gasteiger partial charge in [0, 0.05) is 18.1 Å². The van der Waals surface area contributed by atoms with Crippen LogP contribution in [0.3, 0.4) is 0 Å². The summed E-state index contributed by atoms with van der Waals surface area (Å²) in [6.45, 7) is 0. The van der Waals surface area contributed by atoms with Crippen LogP contribution >= 0.6 is 0 Å². The van der Waals surface area contributed by atoms with Crippen molar-refractivity contribution in [3.05, 3.63) is 41.7 Å². The minimum Gasteiger partial charge on any atom is -0.475 e. The Balaban J connectivity index is 2.39. The number of aromatic carboxylic acids is 1. The zero-order valence-corrected chi connectivity index (χ0v) is 9.14. The molecule has 6 heteroatoms. The van der Waals surface area contributed by atoms with Crippen LogP contribution in [-0.4, -0.2) is 22.7 Å². The number of carbonyl (C=O) groups is 1. The molecule has 0 aliphatic carbocycles. The van der Waals surface area contributed by atoms with Crippen molar-refractivity contribution >= 4 is 5.97 Å². The molecule has 0 unspecified atom stereocenters. The summed E-state index contributed by atoms with van der Waals surface area (Å²) < 4.78 is 29.4. The zero-order chi connectivity index (χ0) is 13.1. The maximum atomic E-state index is 12.4. The van der Waals surface area contributed by atoms with Crippen LogP contribution in [0.1, 0.15) is 16.1 Å². The number of hydrogen-bond donors (Lipinski definition) is 1. The molecule has 0 saturated heterocycles. The van der Waals surface area contributed by atoms with Gasteiger partial charge in [-0.05, 0) is 5.56 Å². The van der Waals surface area contributed by atoms with Crippen molar-refractivity contribution in [2.75, 3.05) is 0 Å². The summed E-state index contributed by atoms with van der Waals surface area (Å²) in [6, 6.07) is 7.67. The predicted octanol–water partition coefficient (Wildman–Crippen LogP) is 2.85. The third kappa shape index (κ3) is 2.53. The van der Waals surface area contributed by atoms with Gasteiger partial charge in [0.15, 0.2) is 0 Å². The van der Waals surface area contributed by atoms with Gasteiger partial charge >= 0.3 is 5.97 Å². The number of aromatic nitrogens is 1. The Labute approximate surface area is 101 Å². The number of carboxylic acids is 1. The van der Waals surface area contributed by atoms with Gasteiger partial charge in [-0.15, -0.1) is 0 Å². The first-order valence-electron chi connectivity index (χ1n) is 5.14. The highest BCUT2D eigenvalue weighted by molar-refractivity contribution is 5.85. The smallest absolute Gasteiger partial charge is 0.374 e. The van der Waals surface area contributed by atoms with E-state index in [0.29, 0.717) is 11.1 Å². The van der Waals surface area contributed by atoms with E-state index < -0.39 is 18.8 Å². The van der Waals surface area contributed by atoms with Gasteiger partial charge in [-0.2, -0.15) is 0 Å². The van der Waals surface area contributed by atoms with E-state index in [1.54, 1.807) is 24.3 Å². The SMILES string of the molecule is O=C(O)c1cc(-c2ccccc2CC(F)F)no1. The Morgan fingerprint density at radius 3 is 2.72 bits per heavy atom. The second-order valence-corrected chi connectivity index (χ2v) is 3.63. The summed E-state index contributed by atoms with van der Waals surface area (Å²) in [7, 11) is 0. The third-order valence-electron chi connectivity index (χ3n) is 2.39. The number of halogens is 2. The van der Waals surface area contributed by atoms with Crippen molar-refractivity contribution in [3.63, 3.8) is 0 Å². The number of carboxylic acid groups (broad SMARTS) is 1. The minimum absolute atomic E-state index is 0.239. The van der Waals surface area contributed by atoms with Crippen LogP contribution in [0.25, 0.3) is 11.3 Å². The molecule has 0 atom stereocenters. The van der Waals surface area contributed by atoms with Gasteiger partial charge in [0.25, 0.3) is 0 Å². The molecule has 0 amide bonds. The van der Waals surface area contributed by atoms with E-state index in [1.807, 2.05) is 0 Å². The minimum atomic E-state index is -2.48. The number of rotatable bonds is 4. The molecule has 0 saturated carbocycles. The van der Waals surface area contributed by atoms with E-state index in [4.69, 9.17) is 5.11 Å². The molecule has 2 rings (SSSR count). The van der Waals surface area contributed by atoms with Crippen molar-refractivity contribution in [2.24, 2.45) is 0 Å². The second kappa shape index (κ2) is 4.95. The molecule has 1 aromatic heterocycles. The fraction of sp³-hybridized carbons (Fsp3) is 0.167. The Morgan fingerprint density at radius 2 is 2.11 bits per heavy atom. The zero-order valence-electron chi connectivity index (χ0n) is 9.14. The van der Waals surface area contributed by atoms with Crippen LogP contribution in [0, 0.1) is 0 Å². The van der Waals surface area contributed by atoms with Crippen LogP contribution < -0.4 is 0 Å². The summed E-state index contributed by atoms with van der Waals surface area (Å²) in [5, 5.41) is 12.3. The highest BCUT2D eigenvalue weighted by Gasteiger charge is 2.16. The highest BCUT2D eigenvalue weighted by Crippen LogP contribution is 2.25. The summed E-state index contributed by atoms with van der Waals surface area (Å²) in [4.78, 5) is 10.7. The van der Waals surface area contributed by atoms with Gasteiger partial charge in [0.2, 0.25) is 12.2 Å². The maximum Gasteiger partial charge on any atom is 0.374 e. The van der Waals surface area contributed by atoms with Gasteiger partial charge < -0.3 is 9.63 Å². The van der Waals surface area contributed by atoms with E-state index in [0.717, 1.165) is 0 Å². The number of alkyl halides is 2. The molecule has 0 fully saturated rings. The molecule has 0 spiro atoms. The molecular formula is C12H9F2NO3. The van der Waals surface area contributed by atoms with Crippen molar-refractivity contribution in [3.8, 4) is 11.3 Å². The van der Waals surface area contributed by atoms with Crippen LogP contribution in [0.15, 0.2) is 34.9 Å². The molecule has 4 nitrogen and oxygen atoms in total. The fourth-order valence-electron chi connectivity index (χ4n) is 1.62. The third-order valence-corrected chi connectivity index (χ3v) is 2.39. The average Bonchev–Trinajstić information content (AvgIpc) is 2.78. The first-order chi connectivity index (χ1) is 8.58. The number of hydrogen-bond acceptors (Lipinski definition) is 3. The quantitative estimate of drug-likeness (QED) is 0.909. The Hall–Kier alpha value is -2.24. The van der Waals surface area contributed by atoms with Crippen molar-refractivity contribution in [1.29, 1.82) is 0 Å². The molecule has 0 bridgehead atoms. The van der Waals surface area contributed by atoms with Gasteiger partial charge in [0.05, 0.1) is 0 Å². The van der Waals surface area contributed by atoms with Gasteiger partial charge in [0.1, 0.15) is 5.69 Å². The van der Waals surface area contributed by atoms with Crippen molar-refractivity contribution in [1.82, 2.24) is 5.16 Å². The summed E-state index contributed by atoms with van der Waals surface area (Å²) in [5.41, 5.74) is 1.09. The molecular weight excluding hydrogens is 244 g/mol. The maximum absolute atomic E-state index is 12.4. The Bertz CT molecular complexity index is 566. The molecule has 1 aromatic carbocycles. The number of nitrogens with zero attached hydrogens (tertiary/aromatic N) is 1. The predicted molar refractivity (Wildman–Crippen MR) is 58.6 cm³/mol. The first-order valence-corrected chi connectivity index (χ1v) is 5.14. The molecule has 0 radical (unpaired) electrons. The summed E-state index contributed by atoms with van der Waals surface area (Å²) in [6.07, 6.45) is -2.89. The van der Waals surface area contributed by atoms with E-state index in [1.165, 1.54) is 6.07 Å². The van der Waals surface area contributed by atoms with Gasteiger partial charge in [-0.3, -0.25) is 0 Å².